The van der Waals surface area contributed by atoms with E-state index in [1.807, 2.05) is 12.3 Å². The SMILES string of the molecule is Cc1ccc(N2C(=S)N[C@H](c3ccccn3)[C@H]2c2cc(C)n(C3CCCCC3)c2C)cc1. The lowest BCUT2D eigenvalue weighted by molar-refractivity contribution is 0.345. The Hall–Kier alpha value is -2.66. The molecule has 0 radical (unpaired) electrons. The molecule has 0 unspecified atom stereocenters. The lowest BCUT2D eigenvalue weighted by Gasteiger charge is -2.30. The van der Waals surface area contributed by atoms with E-state index in [0.717, 1.165) is 16.5 Å². The summed E-state index contributed by atoms with van der Waals surface area (Å²) < 4.78 is 2.60. The molecule has 5 rings (SSSR count). The number of aromatic nitrogens is 2. The number of thiocarbonyl (C=S) groups is 1. The number of aryl methyl sites for hydroxylation is 2. The fourth-order valence-electron chi connectivity index (χ4n) is 5.66. The molecule has 32 heavy (non-hydrogen) atoms. The van der Waals surface area contributed by atoms with Gasteiger partial charge in [-0.05, 0) is 81.7 Å². The average Bonchev–Trinajstić information content (AvgIpc) is 3.31. The van der Waals surface area contributed by atoms with Crippen LogP contribution in [0.25, 0.3) is 0 Å². The van der Waals surface area contributed by atoms with E-state index in [0.29, 0.717) is 6.04 Å². The highest BCUT2D eigenvalue weighted by molar-refractivity contribution is 7.80. The third kappa shape index (κ3) is 3.73. The number of benzene rings is 1. The van der Waals surface area contributed by atoms with Crippen molar-refractivity contribution < 1.29 is 0 Å². The maximum Gasteiger partial charge on any atom is 0.174 e. The Morgan fingerprint density at radius 3 is 2.41 bits per heavy atom. The molecule has 3 aromatic rings. The summed E-state index contributed by atoms with van der Waals surface area (Å²) in [5.74, 6) is 0. The molecule has 166 valence electrons. The maximum atomic E-state index is 5.90. The molecule has 0 spiro atoms. The molecular formula is C27H32N4S. The van der Waals surface area contributed by atoms with Crippen molar-refractivity contribution in [3.05, 3.63) is 82.9 Å². The Labute approximate surface area is 196 Å². The second kappa shape index (κ2) is 8.70. The van der Waals surface area contributed by atoms with E-state index in [4.69, 9.17) is 17.2 Å². The zero-order valence-electron chi connectivity index (χ0n) is 19.2. The van der Waals surface area contributed by atoms with Gasteiger partial charge in [0.25, 0.3) is 0 Å². The van der Waals surface area contributed by atoms with Gasteiger partial charge in [0, 0.05) is 29.3 Å². The molecule has 4 nitrogen and oxygen atoms in total. The number of rotatable bonds is 4. The highest BCUT2D eigenvalue weighted by Gasteiger charge is 2.42. The van der Waals surface area contributed by atoms with Gasteiger partial charge >= 0.3 is 0 Å². The zero-order valence-corrected chi connectivity index (χ0v) is 20.0. The fraction of sp³-hybridized carbons (Fsp3) is 0.407. The van der Waals surface area contributed by atoms with Crippen molar-refractivity contribution in [2.75, 3.05) is 4.90 Å². The summed E-state index contributed by atoms with van der Waals surface area (Å²) in [6, 6.07) is 17.9. The lowest BCUT2D eigenvalue weighted by atomic mass is 9.94. The molecule has 2 atom stereocenters. The fourth-order valence-corrected chi connectivity index (χ4v) is 6.00. The normalized spacial score (nSPS) is 21.7. The van der Waals surface area contributed by atoms with Crippen molar-refractivity contribution in [1.29, 1.82) is 0 Å². The smallest absolute Gasteiger partial charge is 0.174 e. The van der Waals surface area contributed by atoms with Crippen LogP contribution in [0.5, 0.6) is 0 Å². The molecule has 1 aliphatic heterocycles. The first kappa shape index (κ1) is 21.2. The van der Waals surface area contributed by atoms with Gasteiger partial charge in [0.2, 0.25) is 0 Å². The van der Waals surface area contributed by atoms with E-state index in [2.05, 4.69) is 78.0 Å². The molecule has 1 aliphatic carbocycles. The van der Waals surface area contributed by atoms with Crippen molar-refractivity contribution in [3.8, 4) is 0 Å². The topological polar surface area (TPSA) is 33.1 Å². The minimum Gasteiger partial charge on any atom is -0.351 e. The van der Waals surface area contributed by atoms with Crippen molar-refractivity contribution in [2.24, 2.45) is 0 Å². The molecule has 5 heteroatoms. The van der Waals surface area contributed by atoms with Gasteiger partial charge in [-0.3, -0.25) is 4.98 Å². The standard InChI is InChI=1S/C27H32N4S/c1-18-12-14-22(15-13-18)31-26(25(29-27(31)32)24-11-7-8-16-28-24)23-17-19(2)30(20(23)3)21-9-5-4-6-10-21/h7-8,11-17,21,25-26H,4-6,9-10H2,1-3H3,(H,29,32)/t25-,26-/m1/s1. The molecule has 0 bridgehead atoms. The van der Waals surface area contributed by atoms with Gasteiger partial charge in [-0.15, -0.1) is 0 Å². The molecule has 1 N–H and O–H groups in total. The summed E-state index contributed by atoms with van der Waals surface area (Å²) in [4.78, 5) is 7.00. The highest BCUT2D eigenvalue weighted by Crippen LogP contribution is 2.44. The molecule has 1 aromatic carbocycles. The van der Waals surface area contributed by atoms with Gasteiger partial charge < -0.3 is 14.8 Å². The van der Waals surface area contributed by atoms with Gasteiger partial charge in [0.05, 0.1) is 17.8 Å². The van der Waals surface area contributed by atoms with Gasteiger partial charge in [-0.1, -0.05) is 43.0 Å². The van der Waals surface area contributed by atoms with Crippen LogP contribution >= 0.6 is 12.2 Å². The largest absolute Gasteiger partial charge is 0.351 e. The van der Waals surface area contributed by atoms with Crippen LogP contribution in [-0.2, 0) is 0 Å². The van der Waals surface area contributed by atoms with E-state index in [9.17, 15) is 0 Å². The summed E-state index contributed by atoms with van der Waals surface area (Å²) in [6.45, 7) is 6.68. The van der Waals surface area contributed by atoms with Crippen molar-refractivity contribution in [3.63, 3.8) is 0 Å². The summed E-state index contributed by atoms with van der Waals surface area (Å²) >= 11 is 5.90. The highest BCUT2D eigenvalue weighted by atomic mass is 32.1. The first-order valence-electron chi connectivity index (χ1n) is 11.8. The van der Waals surface area contributed by atoms with Crippen LogP contribution in [0.2, 0.25) is 0 Å². The molecular weight excluding hydrogens is 412 g/mol. The summed E-state index contributed by atoms with van der Waals surface area (Å²) in [7, 11) is 0. The van der Waals surface area contributed by atoms with Crippen LogP contribution < -0.4 is 10.2 Å². The monoisotopic (exact) mass is 444 g/mol. The van der Waals surface area contributed by atoms with Crippen LogP contribution in [0.1, 0.15) is 78.4 Å². The Balaban J connectivity index is 1.62. The van der Waals surface area contributed by atoms with E-state index in [-0.39, 0.29) is 12.1 Å². The second-order valence-corrected chi connectivity index (χ2v) is 9.71. The zero-order chi connectivity index (χ0) is 22.2. The minimum atomic E-state index is 0.00492. The van der Waals surface area contributed by atoms with Crippen LogP contribution in [0.4, 0.5) is 5.69 Å². The van der Waals surface area contributed by atoms with Crippen molar-refractivity contribution >= 4 is 23.0 Å². The van der Waals surface area contributed by atoms with Gasteiger partial charge in [0.1, 0.15) is 0 Å². The second-order valence-electron chi connectivity index (χ2n) is 9.32. The van der Waals surface area contributed by atoms with Gasteiger partial charge in [0.15, 0.2) is 5.11 Å². The number of nitrogens with zero attached hydrogens (tertiary/aromatic N) is 3. The quantitative estimate of drug-likeness (QED) is 0.466. The third-order valence-corrected chi connectivity index (χ3v) is 7.51. The van der Waals surface area contributed by atoms with Crippen molar-refractivity contribution in [2.45, 2.75) is 71.0 Å². The first-order valence-corrected chi connectivity index (χ1v) is 12.2. The predicted molar refractivity (Wildman–Crippen MR) is 135 cm³/mol. The van der Waals surface area contributed by atoms with E-state index < -0.39 is 0 Å². The maximum absolute atomic E-state index is 5.90. The average molecular weight is 445 g/mol. The van der Waals surface area contributed by atoms with Crippen LogP contribution in [-0.4, -0.2) is 14.7 Å². The molecule has 2 aliphatic rings. The lowest BCUT2D eigenvalue weighted by Crippen LogP contribution is -2.29. The molecule has 3 heterocycles. The third-order valence-electron chi connectivity index (χ3n) is 7.19. The Morgan fingerprint density at radius 1 is 0.969 bits per heavy atom. The molecule has 1 saturated carbocycles. The van der Waals surface area contributed by atoms with E-state index in [1.165, 1.54) is 54.6 Å². The van der Waals surface area contributed by atoms with Crippen LogP contribution in [0, 0.1) is 20.8 Å². The van der Waals surface area contributed by atoms with Gasteiger partial charge in [-0.2, -0.15) is 0 Å². The Bertz CT molecular complexity index is 1100. The first-order chi connectivity index (χ1) is 15.5. The Kier molecular flexibility index (Phi) is 5.76. The summed E-state index contributed by atoms with van der Waals surface area (Å²) in [6.07, 6.45) is 8.46. The van der Waals surface area contributed by atoms with Crippen LogP contribution in [0.15, 0.2) is 54.7 Å². The molecule has 2 aromatic heterocycles. The van der Waals surface area contributed by atoms with Gasteiger partial charge in [-0.25, -0.2) is 0 Å². The molecule has 1 saturated heterocycles. The molecule has 2 fully saturated rings. The van der Waals surface area contributed by atoms with E-state index in [1.54, 1.807) is 0 Å². The predicted octanol–water partition coefficient (Wildman–Crippen LogP) is 6.49. The number of nitrogens with one attached hydrogen (secondary N) is 1. The summed E-state index contributed by atoms with van der Waals surface area (Å²) in [5.41, 5.74) is 7.46. The van der Waals surface area contributed by atoms with Crippen molar-refractivity contribution in [1.82, 2.24) is 14.9 Å². The number of anilines is 1. The Morgan fingerprint density at radius 2 is 1.72 bits per heavy atom. The number of pyridine rings is 1. The van der Waals surface area contributed by atoms with Crippen LogP contribution in [0.3, 0.4) is 0 Å². The number of hydrogen-bond donors (Lipinski definition) is 1. The number of hydrogen-bond acceptors (Lipinski definition) is 2. The van der Waals surface area contributed by atoms with E-state index >= 15 is 0 Å². The minimum absolute atomic E-state index is 0.00492. The summed E-state index contributed by atoms with van der Waals surface area (Å²) in [5, 5.41) is 4.36. The molecule has 0 amide bonds.